The van der Waals surface area contributed by atoms with Crippen LogP contribution in [0.5, 0.6) is 0 Å². The van der Waals surface area contributed by atoms with Crippen molar-refractivity contribution in [3.8, 4) is 0 Å². The first-order chi connectivity index (χ1) is 8.86. The molecule has 1 aliphatic carbocycles. The van der Waals surface area contributed by atoms with Gasteiger partial charge in [0.1, 0.15) is 0 Å². The van der Waals surface area contributed by atoms with Gasteiger partial charge in [-0.25, -0.2) is 4.98 Å². The first kappa shape index (κ1) is 12.6. The standard InChI is InChI=1S/C14H22N2OS/c1-2-15-11-6-3-7-12-14(11)18-13(16-12)9-10-5-4-8-17-10/h10-11,15H,2-9H2,1H3. The fraction of sp³-hybridized carbons (Fsp3) is 0.786. The summed E-state index contributed by atoms with van der Waals surface area (Å²) in [5.74, 6) is 0. The van der Waals surface area contributed by atoms with Crippen LogP contribution in [0, 0.1) is 0 Å². The molecule has 3 nitrogen and oxygen atoms in total. The molecule has 100 valence electrons. The third-order valence-corrected chi connectivity index (χ3v) is 5.11. The number of aromatic nitrogens is 1. The molecule has 0 amide bonds. The van der Waals surface area contributed by atoms with Crippen molar-refractivity contribution in [1.82, 2.24) is 10.3 Å². The van der Waals surface area contributed by atoms with E-state index in [9.17, 15) is 0 Å². The highest BCUT2D eigenvalue weighted by Gasteiger charge is 2.25. The van der Waals surface area contributed by atoms with Crippen molar-refractivity contribution in [2.45, 2.75) is 57.6 Å². The van der Waals surface area contributed by atoms with Crippen molar-refractivity contribution in [3.63, 3.8) is 0 Å². The second-order valence-electron chi connectivity index (χ2n) is 5.26. The number of hydrogen-bond acceptors (Lipinski definition) is 4. The summed E-state index contributed by atoms with van der Waals surface area (Å²) in [6.07, 6.45) is 7.58. The summed E-state index contributed by atoms with van der Waals surface area (Å²) in [6.45, 7) is 4.17. The van der Waals surface area contributed by atoms with Crippen molar-refractivity contribution in [2.24, 2.45) is 0 Å². The lowest BCUT2D eigenvalue weighted by Crippen LogP contribution is -2.23. The van der Waals surface area contributed by atoms with Crippen LogP contribution >= 0.6 is 11.3 Å². The van der Waals surface area contributed by atoms with Crippen LogP contribution in [0.4, 0.5) is 0 Å². The Labute approximate surface area is 113 Å². The highest BCUT2D eigenvalue weighted by Crippen LogP contribution is 2.35. The maximum atomic E-state index is 5.71. The van der Waals surface area contributed by atoms with E-state index in [0.717, 1.165) is 19.6 Å². The Kier molecular flexibility index (Phi) is 3.97. The van der Waals surface area contributed by atoms with Crippen molar-refractivity contribution < 1.29 is 4.74 Å². The summed E-state index contributed by atoms with van der Waals surface area (Å²) in [7, 11) is 0. The SMILES string of the molecule is CCNC1CCCc2nc(CC3CCCO3)sc21. The molecule has 0 spiro atoms. The molecule has 0 saturated carbocycles. The van der Waals surface area contributed by atoms with Crippen LogP contribution < -0.4 is 5.32 Å². The van der Waals surface area contributed by atoms with Crippen LogP contribution in [0.2, 0.25) is 0 Å². The average Bonchev–Trinajstić information content (AvgIpc) is 2.99. The van der Waals surface area contributed by atoms with E-state index < -0.39 is 0 Å². The van der Waals surface area contributed by atoms with Crippen molar-refractivity contribution in [3.05, 3.63) is 15.6 Å². The van der Waals surface area contributed by atoms with Crippen LogP contribution in [0.15, 0.2) is 0 Å². The van der Waals surface area contributed by atoms with Crippen molar-refractivity contribution in [1.29, 1.82) is 0 Å². The molecular weight excluding hydrogens is 244 g/mol. The molecule has 2 aliphatic rings. The number of thiazole rings is 1. The van der Waals surface area contributed by atoms with Gasteiger partial charge in [0, 0.05) is 23.9 Å². The van der Waals surface area contributed by atoms with E-state index >= 15 is 0 Å². The molecule has 0 radical (unpaired) electrons. The van der Waals surface area contributed by atoms with Gasteiger partial charge < -0.3 is 10.1 Å². The van der Waals surface area contributed by atoms with Gasteiger partial charge in [-0.1, -0.05) is 6.92 Å². The van der Waals surface area contributed by atoms with Gasteiger partial charge >= 0.3 is 0 Å². The number of hydrogen-bond donors (Lipinski definition) is 1. The molecule has 2 atom stereocenters. The number of fused-ring (bicyclic) bond motifs is 1. The molecule has 3 rings (SSSR count). The number of aryl methyl sites for hydroxylation is 1. The Hall–Kier alpha value is -0.450. The maximum Gasteiger partial charge on any atom is 0.0957 e. The largest absolute Gasteiger partial charge is 0.378 e. The van der Waals surface area contributed by atoms with Gasteiger partial charge in [-0.15, -0.1) is 11.3 Å². The molecule has 18 heavy (non-hydrogen) atoms. The topological polar surface area (TPSA) is 34.2 Å². The predicted octanol–water partition coefficient (Wildman–Crippen LogP) is 2.85. The van der Waals surface area contributed by atoms with Crippen LogP contribution in [0.1, 0.15) is 54.2 Å². The smallest absolute Gasteiger partial charge is 0.0957 e. The highest BCUT2D eigenvalue weighted by molar-refractivity contribution is 7.11. The first-order valence-electron chi connectivity index (χ1n) is 7.20. The molecule has 1 aromatic heterocycles. The Morgan fingerprint density at radius 1 is 1.39 bits per heavy atom. The molecule has 0 aromatic carbocycles. The lowest BCUT2D eigenvalue weighted by Gasteiger charge is -2.21. The Morgan fingerprint density at radius 2 is 2.33 bits per heavy atom. The predicted molar refractivity (Wildman–Crippen MR) is 74.1 cm³/mol. The van der Waals surface area contributed by atoms with Crippen LogP contribution in [0.25, 0.3) is 0 Å². The van der Waals surface area contributed by atoms with E-state index in [1.54, 1.807) is 0 Å². The molecule has 1 saturated heterocycles. The molecule has 1 N–H and O–H groups in total. The Morgan fingerprint density at radius 3 is 3.11 bits per heavy atom. The van der Waals surface area contributed by atoms with E-state index in [2.05, 4.69) is 12.2 Å². The van der Waals surface area contributed by atoms with E-state index in [4.69, 9.17) is 9.72 Å². The molecule has 2 heterocycles. The van der Waals surface area contributed by atoms with Gasteiger partial charge in [-0.3, -0.25) is 0 Å². The van der Waals surface area contributed by atoms with Crippen LogP contribution in [-0.2, 0) is 17.6 Å². The molecular formula is C14H22N2OS. The fourth-order valence-electron chi connectivity index (χ4n) is 3.00. The summed E-state index contributed by atoms with van der Waals surface area (Å²) in [5.41, 5.74) is 1.35. The third kappa shape index (κ3) is 2.60. The molecule has 1 aliphatic heterocycles. The molecule has 1 fully saturated rings. The second-order valence-corrected chi connectivity index (χ2v) is 6.38. The lowest BCUT2D eigenvalue weighted by molar-refractivity contribution is 0.111. The Bertz CT molecular complexity index is 398. The molecule has 1 aromatic rings. The summed E-state index contributed by atoms with van der Waals surface area (Å²) >= 11 is 1.92. The van der Waals surface area contributed by atoms with E-state index in [-0.39, 0.29) is 0 Å². The zero-order valence-corrected chi connectivity index (χ0v) is 11.9. The zero-order valence-electron chi connectivity index (χ0n) is 11.1. The first-order valence-corrected chi connectivity index (χ1v) is 8.02. The van der Waals surface area contributed by atoms with Crippen LogP contribution in [0.3, 0.4) is 0 Å². The summed E-state index contributed by atoms with van der Waals surface area (Å²) in [4.78, 5) is 6.34. The number of ether oxygens (including phenoxy) is 1. The minimum Gasteiger partial charge on any atom is -0.378 e. The van der Waals surface area contributed by atoms with Gasteiger partial charge in [-0.05, 0) is 38.6 Å². The summed E-state index contributed by atoms with van der Waals surface area (Å²) in [5, 5.41) is 4.88. The maximum absolute atomic E-state index is 5.71. The molecule has 0 bridgehead atoms. The quantitative estimate of drug-likeness (QED) is 0.910. The normalized spacial score (nSPS) is 27.4. The lowest BCUT2D eigenvalue weighted by atomic mass is 9.98. The zero-order chi connectivity index (χ0) is 12.4. The van der Waals surface area contributed by atoms with E-state index in [1.165, 1.54) is 47.7 Å². The average molecular weight is 266 g/mol. The Balaban J connectivity index is 1.73. The van der Waals surface area contributed by atoms with Crippen molar-refractivity contribution >= 4 is 11.3 Å². The van der Waals surface area contributed by atoms with Gasteiger partial charge in [0.2, 0.25) is 0 Å². The summed E-state index contributed by atoms with van der Waals surface area (Å²) < 4.78 is 5.71. The fourth-order valence-corrected chi connectivity index (χ4v) is 4.29. The van der Waals surface area contributed by atoms with E-state index in [1.807, 2.05) is 11.3 Å². The highest BCUT2D eigenvalue weighted by atomic mass is 32.1. The number of nitrogens with zero attached hydrogens (tertiary/aromatic N) is 1. The van der Waals surface area contributed by atoms with Gasteiger partial charge in [0.15, 0.2) is 0 Å². The minimum atomic E-state index is 0.426. The third-order valence-electron chi connectivity index (χ3n) is 3.87. The van der Waals surface area contributed by atoms with Gasteiger partial charge in [0.25, 0.3) is 0 Å². The van der Waals surface area contributed by atoms with E-state index in [0.29, 0.717) is 12.1 Å². The number of rotatable bonds is 4. The van der Waals surface area contributed by atoms with Crippen LogP contribution in [-0.4, -0.2) is 24.2 Å². The van der Waals surface area contributed by atoms with Crippen molar-refractivity contribution in [2.75, 3.05) is 13.2 Å². The minimum absolute atomic E-state index is 0.426. The van der Waals surface area contributed by atoms with Gasteiger partial charge in [-0.2, -0.15) is 0 Å². The van der Waals surface area contributed by atoms with Gasteiger partial charge in [0.05, 0.1) is 16.8 Å². The monoisotopic (exact) mass is 266 g/mol. The molecule has 2 unspecified atom stereocenters. The molecule has 4 heteroatoms. The number of nitrogens with one attached hydrogen (secondary N) is 1. The summed E-state index contributed by atoms with van der Waals surface area (Å²) in [6, 6.07) is 0.550. The second kappa shape index (κ2) is 5.68.